The van der Waals surface area contributed by atoms with Crippen LogP contribution >= 0.6 is 15.9 Å². The highest BCUT2D eigenvalue weighted by Gasteiger charge is 2.40. The molecule has 5 heteroatoms. The molecule has 0 amide bonds. The van der Waals surface area contributed by atoms with Gasteiger partial charge in [-0.05, 0) is 73.2 Å². The lowest BCUT2D eigenvalue weighted by atomic mass is 10.0. The van der Waals surface area contributed by atoms with Crippen LogP contribution in [0.2, 0.25) is 0 Å². The number of hydrogen-bond acceptors (Lipinski definition) is 2. The Balaban J connectivity index is 2.30. The fraction of sp³-hybridized carbons (Fsp3) is 0.538. The Morgan fingerprint density at radius 1 is 1.33 bits per heavy atom. The summed E-state index contributed by atoms with van der Waals surface area (Å²) in [5.41, 5.74) is 0.658. The molecule has 18 heavy (non-hydrogen) atoms. The van der Waals surface area contributed by atoms with Gasteiger partial charge in [-0.25, -0.2) is 13.1 Å². The number of halogens is 1. The lowest BCUT2D eigenvalue weighted by Crippen LogP contribution is -2.45. The van der Waals surface area contributed by atoms with Crippen LogP contribution in [-0.4, -0.2) is 14.0 Å². The van der Waals surface area contributed by atoms with Gasteiger partial charge in [0.15, 0.2) is 0 Å². The van der Waals surface area contributed by atoms with E-state index in [2.05, 4.69) is 20.7 Å². The van der Waals surface area contributed by atoms with Crippen LogP contribution < -0.4 is 4.72 Å². The van der Waals surface area contributed by atoms with Gasteiger partial charge in [0, 0.05) is 10.0 Å². The van der Waals surface area contributed by atoms with Gasteiger partial charge in [0.25, 0.3) is 0 Å². The van der Waals surface area contributed by atoms with E-state index in [1.165, 1.54) is 0 Å². The van der Waals surface area contributed by atoms with Crippen LogP contribution in [0.3, 0.4) is 0 Å². The SMILES string of the molecule is Cc1ccc(S(=O)(=O)NC(C)(C)C2CC2)c(Br)c1. The third-order valence-corrected chi connectivity index (χ3v) is 6.02. The predicted octanol–water partition coefficient (Wildman–Crippen LogP) is 3.22. The van der Waals surface area contributed by atoms with Gasteiger partial charge < -0.3 is 0 Å². The molecule has 1 aromatic rings. The zero-order valence-electron chi connectivity index (χ0n) is 10.8. The Bertz CT molecular complexity index is 562. The van der Waals surface area contributed by atoms with Crippen molar-refractivity contribution in [2.75, 3.05) is 0 Å². The minimum Gasteiger partial charge on any atom is -0.207 e. The summed E-state index contributed by atoms with van der Waals surface area (Å²) in [5.74, 6) is 0.455. The molecule has 3 nitrogen and oxygen atoms in total. The van der Waals surface area contributed by atoms with Crippen LogP contribution in [0.1, 0.15) is 32.3 Å². The topological polar surface area (TPSA) is 46.2 Å². The summed E-state index contributed by atoms with van der Waals surface area (Å²) in [5, 5.41) is 0. The van der Waals surface area contributed by atoms with Crippen molar-refractivity contribution in [1.29, 1.82) is 0 Å². The molecule has 0 unspecified atom stereocenters. The second-order valence-corrected chi connectivity index (χ2v) is 8.04. The van der Waals surface area contributed by atoms with Gasteiger partial charge in [0.1, 0.15) is 0 Å². The van der Waals surface area contributed by atoms with Crippen LogP contribution in [0.15, 0.2) is 27.6 Å². The molecule has 100 valence electrons. The largest absolute Gasteiger partial charge is 0.242 e. The van der Waals surface area contributed by atoms with E-state index in [1.807, 2.05) is 32.9 Å². The molecule has 1 aliphatic carbocycles. The molecule has 1 N–H and O–H groups in total. The first kappa shape index (κ1) is 14.0. The van der Waals surface area contributed by atoms with Crippen molar-refractivity contribution in [2.45, 2.75) is 44.0 Å². The van der Waals surface area contributed by atoms with E-state index in [0.29, 0.717) is 15.3 Å². The Morgan fingerprint density at radius 2 is 1.94 bits per heavy atom. The maximum atomic E-state index is 12.4. The monoisotopic (exact) mass is 331 g/mol. The summed E-state index contributed by atoms with van der Waals surface area (Å²) < 4.78 is 28.2. The molecule has 0 aromatic heterocycles. The molecule has 1 aliphatic rings. The molecule has 0 spiro atoms. The summed E-state index contributed by atoms with van der Waals surface area (Å²) in [6.07, 6.45) is 2.20. The Morgan fingerprint density at radius 3 is 2.44 bits per heavy atom. The van der Waals surface area contributed by atoms with E-state index in [9.17, 15) is 8.42 Å². The standard InChI is InChI=1S/C13H18BrNO2S/c1-9-4-7-12(11(14)8-9)18(16,17)15-13(2,3)10-5-6-10/h4,7-8,10,15H,5-6H2,1-3H3. The summed E-state index contributed by atoms with van der Waals surface area (Å²) in [6, 6.07) is 5.27. The maximum Gasteiger partial charge on any atom is 0.242 e. The summed E-state index contributed by atoms with van der Waals surface area (Å²) in [6.45, 7) is 5.83. The summed E-state index contributed by atoms with van der Waals surface area (Å²) >= 11 is 3.32. The maximum absolute atomic E-state index is 12.4. The summed E-state index contributed by atoms with van der Waals surface area (Å²) in [7, 11) is -3.47. The van der Waals surface area contributed by atoms with Gasteiger partial charge in [0.2, 0.25) is 10.0 Å². The van der Waals surface area contributed by atoms with Crippen LogP contribution in [-0.2, 0) is 10.0 Å². The first-order chi connectivity index (χ1) is 8.22. The van der Waals surface area contributed by atoms with Crippen LogP contribution in [0, 0.1) is 12.8 Å². The van der Waals surface area contributed by atoms with E-state index in [-0.39, 0.29) is 5.54 Å². The van der Waals surface area contributed by atoms with Crippen molar-refractivity contribution >= 4 is 26.0 Å². The molecule has 0 aliphatic heterocycles. The molecule has 1 aromatic carbocycles. The molecule has 1 saturated carbocycles. The van der Waals surface area contributed by atoms with Crippen LogP contribution in [0.5, 0.6) is 0 Å². The fourth-order valence-corrected chi connectivity index (χ4v) is 4.78. The predicted molar refractivity (Wildman–Crippen MR) is 76.0 cm³/mol. The number of benzene rings is 1. The normalized spacial score (nSPS) is 16.9. The average molecular weight is 332 g/mol. The van der Waals surface area contributed by atoms with Crippen LogP contribution in [0.4, 0.5) is 0 Å². The van der Waals surface area contributed by atoms with Gasteiger partial charge in [-0.3, -0.25) is 0 Å². The van der Waals surface area contributed by atoms with Crippen molar-refractivity contribution in [1.82, 2.24) is 4.72 Å². The van der Waals surface area contributed by atoms with Crippen LogP contribution in [0.25, 0.3) is 0 Å². The molecule has 0 bridgehead atoms. The molecular formula is C13H18BrNO2S. The van der Waals surface area contributed by atoms with E-state index >= 15 is 0 Å². The van der Waals surface area contributed by atoms with E-state index < -0.39 is 10.0 Å². The molecule has 2 rings (SSSR count). The van der Waals surface area contributed by atoms with Crippen molar-refractivity contribution in [3.8, 4) is 0 Å². The molecular weight excluding hydrogens is 314 g/mol. The fourth-order valence-electron chi connectivity index (χ4n) is 2.11. The van der Waals surface area contributed by atoms with Gasteiger partial charge in [-0.2, -0.15) is 0 Å². The highest BCUT2D eigenvalue weighted by atomic mass is 79.9. The highest BCUT2D eigenvalue weighted by molar-refractivity contribution is 9.10. The third kappa shape index (κ3) is 2.95. The molecule has 0 radical (unpaired) electrons. The second-order valence-electron chi connectivity index (χ2n) is 5.54. The van der Waals surface area contributed by atoms with Gasteiger partial charge in [0.05, 0.1) is 4.90 Å². The first-order valence-electron chi connectivity index (χ1n) is 6.02. The zero-order chi connectivity index (χ0) is 13.6. The molecule has 0 heterocycles. The smallest absolute Gasteiger partial charge is 0.207 e. The van der Waals surface area contributed by atoms with Gasteiger partial charge in [-0.1, -0.05) is 6.07 Å². The van der Waals surface area contributed by atoms with Gasteiger partial charge in [-0.15, -0.1) is 0 Å². The Hall–Kier alpha value is -0.390. The van der Waals surface area contributed by atoms with Gasteiger partial charge >= 0.3 is 0 Å². The van der Waals surface area contributed by atoms with Crippen molar-refractivity contribution in [2.24, 2.45) is 5.92 Å². The minimum atomic E-state index is -3.47. The first-order valence-corrected chi connectivity index (χ1v) is 8.30. The van der Waals surface area contributed by atoms with Crippen molar-refractivity contribution < 1.29 is 8.42 Å². The van der Waals surface area contributed by atoms with E-state index in [4.69, 9.17) is 0 Å². The quantitative estimate of drug-likeness (QED) is 0.920. The number of rotatable bonds is 4. The van der Waals surface area contributed by atoms with Crippen molar-refractivity contribution in [3.63, 3.8) is 0 Å². The number of sulfonamides is 1. The van der Waals surface area contributed by atoms with E-state index in [0.717, 1.165) is 18.4 Å². The van der Waals surface area contributed by atoms with E-state index in [1.54, 1.807) is 6.07 Å². The zero-order valence-corrected chi connectivity index (χ0v) is 13.2. The number of aryl methyl sites for hydroxylation is 1. The second kappa shape index (κ2) is 4.62. The number of nitrogens with one attached hydrogen (secondary N) is 1. The molecule has 0 atom stereocenters. The average Bonchev–Trinajstić information content (AvgIpc) is 2.97. The highest BCUT2D eigenvalue weighted by Crippen LogP contribution is 2.40. The Kier molecular flexibility index (Phi) is 3.60. The number of hydrogen-bond donors (Lipinski definition) is 1. The third-order valence-electron chi connectivity index (χ3n) is 3.37. The molecule has 1 fully saturated rings. The van der Waals surface area contributed by atoms with Crippen molar-refractivity contribution in [3.05, 3.63) is 28.2 Å². The molecule has 0 saturated heterocycles. The summed E-state index contributed by atoms with van der Waals surface area (Å²) in [4.78, 5) is 0.307. The lowest BCUT2D eigenvalue weighted by molar-refractivity contribution is 0.400. The Labute approximate surface area is 117 Å². The lowest BCUT2D eigenvalue weighted by Gasteiger charge is -2.26. The minimum absolute atomic E-state index is 0.307.